The van der Waals surface area contributed by atoms with Crippen LogP contribution >= 0.6 is 0 Å². The highest BCUT2D eigenvalue weighted by Gasteiger charge is 2.43. The molecule has 3 saturated heterocycles. The summed E-state index contributed by atoms with van der Waals surface area (Å²) in [6, 6.07) is 5.79. The van der Waals surface area contributed by atoms with Crippen LogP contribution in [0.1, 0.15) is 37.7 Å². The Kier molecular flexibility index (Phi) is 6.90. The first-order chi connectivity index (χ1) is 15.3. The van der Waals surface area contributed by atoms with E-state index in [1.807, 2.05) is 4.90 Å². The van der Waals surface area contributed by atoms with Crippen molar-refractivity contribution in [3.8, 4) is 5.75 Å². The van der Waals surface area contributed by atoms with E-state index >= 15 is 0 Å². The van der Waals surface area contributed by atoms with Gasteiger partial charge in [-0.3, -0.25) is 14.5 Å². The van der Waals surface area contributed by atoms with Gasteiger partial charge in [0.2, 0.25) is 11.8 Å². The highest BCUT2D eigenvalue weighted by Crippen LogP contribution is 2.27. The van der Waals surface area contributed by atoms with Crippen LogP contribution in [-0.4, -0.2) is 72.3 Å². The Morgan fingerprint density at radius 3 is 2.59 bits per heavy atom. The molecule has 3 heterocycles. The zero-order chi connectivity index (χ0) is 22.7. The molecule has 7 nitrogen and oxygen atoms in total. The molecule has 3 aliphatic rings. The molecule has 0 spiro atoms. The number of carbonyl (C=O) groups excluding carboxylic acids is 2. The minimum absolute atomic E-state index is 0.0186. The maximum atomic E-state index is 12.4. The third-order valence-electron chi connectivity index (χ3n) is 6.52. The van der Waals surface area contributed by atoms with Crippen LogP contribution < -0.4 is 15.4 Å². The van der Waals surface area contributed by atoms with E-state index in [0.29, 0.717) is 32.5 Å². The fraction of sp³-hybridized carbons (Fsp3) is 0.636. The van der Waals surface area contributed by atoms with E-state index in [4.69, 9.17) is 0 Å². The van der Waals surface area contributed by atoms with Crippen LogP contribution in [0.15, 0.2) is 24.3 Å². The third kappa shape index (κ3) is 5.72. The number of fused-ring (bicyclic) bond motifs is 1. The van der Waals surface area contributed by atoms with Gasteiger partial charge in [0, 0.05) is 51.2 Å². The maximum Gasteiger partial charge on any atom is 0.573 e. The fourth-order valence-electron chi connectivity index (χ4n) is 4.88. The van der Waals surface area contributed by atoms with Gasteiger partial charge >= 0.3 is 6.36 Å². The third-order valence-corrected chi connectivity index (χ3v) is 6.52. The first kappa shape index (κ1) is 22.8. The Morgan fingerprint density at radius 2 is 1.91 bits per heavy atom. The van der Waals surface area contributed by atoms with Crippen molar-refractivity contribution in [2.45, 2.75) is 63.1 Å². The summed E-state index contributed by atoms with van der Waals surface area (Å²) in [5.74, 6) is -0.0323. The van der Waals surface area contributed by atoms with Crippen molar-refractivity contribution in [3.63, 3.8) is 0 Å². The van der Waals surface area contributed by atoms with Crippen LogP contribution in [0.3, 0.4) is 0 Å². The lowest BCUT2D eigenvalue weighted by atomic mass is 10.0. The molecule has 1 aromatic carbocycles. The molecule has 3 fully saturated rings. The minimum atomic E-state index is -4.70. The fourth-order valence-corrected chi connectivity index (χ4v) is 4.88. The van der Waals surface area contributed by atoms with Gasteiger partial charge in [-0.05, 0) is 43.4 Å². The first-order valence-corrected chi connectivity index (χ1v) is 11.2. The summed E-state index contributed by atoms with van der Waals surface area (Å²) in [4.78, 5) is 28.9. The van der Waals surface area contributed by atoms with Gasteiger partial charge in [0.25, 0.3) is 0 Å². The molecule has 0 aliphatic carbocycles. The van der Waals surface area contributed by atoms with Crippen molar-refractivity contribution < 1.29 is 27.5 Å². The summed E-state index contributed by atoms with van der Waals surface area (Å²) in [5, 5.41) is 6.39. The first-order valence-electron chi connectivity index (χ1n) is 11.2. The topological polar surface area (TPSA) is 73.9 Å². The molecule has 2 N–H and O–H groups in total. The van der Waals surface area contributed by atoms with Crippen molar-refractivity contribution in [1.29, 1.82) is 0 Å². The van der Waals surface area contributed by atoms with Gasteiger partial charge in [0.15, 0.2) is 0 Å². The Bertz CT molecular complexity index is 812. The Morgan fingerprint density at radius 1 is 1.19 bits per heavy atom. The molecule has 10 heteroatoms. The van der Waals surface area contributed by atoms with Crippen molar-refractivity contribution in [3.05, 3.63) is 29.8 Å². The van der Waals surface area contributed by atoms with Crippen LogP contribution in [0, 0.1) is 0 Å². The largest absolute Gasteiger partial charge is 0.573 e. The average molecular weight is 454 g/mol. The normalized spacial score (nSPS) is 26.2. The van der Waals surface area contributed by atoms with Crippen molar-refractivity contribution in [2.75, 3.05) is 26.2 Å². The molecule has 0 bridgehead atoms. The van der Waals surface area contributed by atoms with E-state index in [0.717, 1.165) is 37.9 Å². The number of halogens is 3. The van der Waals surface area contributed by atoms with Crippen molar-refractivity contribution in [2.24, 2.45) is 0 Å². The SMILES string of the molecule is O=C1NCC(CCC(=O)N2CCCC2)N2CC(NCc3ccc(OC(F)(F)F)cc3)CC12. The highest BCUT2D eigenvalue weighted by atomic mass is 19.4. The van der Waals surface area contributed by atoms with Crippen LogP contribution in [0.5, 0.6) is 5.75 Å². The number of nitrogens with one attached hydrogen (secondary N) is 2. The van der Waals surface area contributed by atoms with E-state index in [9.17, 15) is 22.8 Å². The monoisotopic (exact) mass is 454 g/mol. The number of likely N-dealkylation sites (tertiary alicyclic amines) is 1. The van der Waals surface area contributed by atoms with Crippen LogP contribution in [0.25, 0.3) is 0 Å². The smallest absolute Gasteiger partial charge is 0.406 e. The number of piperazine rings is 1. The number of nitrogens with zero attached hydrogens (tertiary/aromatic N) is 2. The summed E-state index contributed by atoms with van der Waals surface area (Å²) in [7, 11) is 0. The number of carbonyl (C=O) groups is 2. The number of hydrogen-bond acceptors (Lipinski definition) is 5. The lowest BCUT2D eigenvalue weighted by molar-refractivity contribution is -0.274. The van der Waals surface area contributed by atoms with Crippen LogP contribution in [-0.2, 0) is 16.1 Å². The summed E-state index contributed by atoms with van der Waals surface area (Å²) in [6.45, 7) is 3.44. The Balaban J connectivity index is 1.27. The second kappa shape index (κ2) is 9.66. The standard InChI is InChI=1S/C22H29F3N4O3/c23-22(24,25)32-18-6-3-15(4-7-18)12-26-16-11-19-21(31)27-13-17(29(19)14-16)5-8-20(30)28-9-1-2-10-28/h3-4,6-7,16-17,19,26H,1-2,5,8-14H2,(H,27,31). The van der Waals surface area contributed by atoms with Gasteiger partial charge in [-0.2, -0.15) is 0 Å². The summed E-state index contributed by atoms with van der Waals surface area (Å²) in [5.41, 5.74) is 0.835. The van der Waals surface area contributed by atoms with E-state index in [-0.39, 0.29) is 35.7 Å². The van der Waals surface area contributed by atoms with E-state index in [2.05, 4.69) is 20.3 Å². The predicted molar refractivity (Wildman–Crippen MR) is 111 cm³/mol. The lowest BCUT2D eigenvalue weighted by Crippen LogP contribution is -2.58. The zero-order valence-corrected chi connectivity index (χ0v) is 17.9. The van der Waals surface area contributed by atoms with Gasteiger partial charge in [-0.25, -0.2) is 0 Å². The second-order valence-electron chi connectivity index (χ2n) is 8.74. The lowest BCUT2D eigenvalue weighted by Gasteiger charge is -2.37. The molecule has 176 valence electrons. The van der Waals surface area contributed by atoms with Crippen LogP contribution in [0.4, 0.5) is 13.2 Å². The van der Waals surface area contributed by atoms with Gasteiger partial charge in [-0.1, -0.05) is 12.1 Å². The highest BCUT2D eigenvalue weighted by molar-refractivity contribution is 5.83. The number of amides is 2. The molecule has 2 amide bonds. The molecular weight excluding hydrogens is 425 g/mol. The molecule has 3 atom stereocenters. The van der Waals surface area contributed by atoms with Gasteiger partial charge < -0.3 is 20.3 Å². The van der Waals surface area contributed by atoms with Gasteiger partial charge in [-0.15, -0.1) is 13.2 Å². The molecule has 32 heavy (non-hydrogen) atoms. The van der Waals surface area contributed by atoms with E-state index in [1.165, 1.54) is 12.1 Å². The van der Waals surface area contributed by atoms with Gasteiger partial charge in [0.1, 0.15) is 5.75 Å². The Labute approximate surface area is 185 Å². The van der Waals surface area contributed by atoms with E-state index in [1.54, 1.807) is 12.1 Å². The summed E-state index contributed by atoms with van der Waals surface area (Å²) in [6.07, 6.45) is -0.675. The molecule has 1 aromatic rings. The molecule has 0 aromatic heterocycles. The number of benzene rings is 1. The molecule has 0 radical (unpaired) electrons. The number of ether oxygens (including phenoxy) is 1. The summed E-state index contributed by atoms with van der Waals surface area (Å²) < 4.78 is 40.8. The molecule has 3 unspecified atom stereocenters. The quantitative estimate of drug-likeness (QED) is 0.660. The van der Waals surface area contributed by atoms with Crippen LogP contribution in [0.2, 0.25) is 0 Å². The zero-order valence-electron chi connectivity index (χ0n) is 17.9. The summed E-state index contributed by atoms with van der Waals surface area (Å²) >= 11 is 0. The van der Waals surface area contributed by atoms with E-state index < -0.39 is 6.36 Å². The van der Waals surface area contributed by atoms with Crippen molar-refractivity contribution in [1.82, 2.24) is 20.4 Å². The molecule has 4 rings (SSSR count). The molecular formula is C22H29F3N4O3. The molecule has 0 saturated carbocycles. The maximum absolute atomic E-state index is 12.4. The average Bonchev–Trinajstić information content (AvgIpc) is 3.42. The number of rotatable bonds is 7. The Hall–Kier alpha value is -2.33. The molecule has 3 aliphatic heterocycles. The predicted octanol–water partition coefficient (Wildman–Crippen LogP) is 2.02. The van der Waals surface area contributed by atoms with Gasteiger partial charge in [0.05, 0.1) is 6.04 Å². The minimum Gasteiger partial charge on any atom is -0.406 e. The van der Waals surface area contributed by atoms with Crippen molar-refractivity contribution >= 4 is 11.8 Å². The number of hydrogen-bond donors (Lipinski definition) is 2. The second-order valence-corrected chi connectivity index (χ2v) is 8.74. The number of alkyl halides is 3.